The molecule has 0 saturated carbocycles. The summed E-state index contributed by atoms with van der Waals surface area (Å²) in [6.45, 7) is 2.16. The molecular weight excluding hydrogens is 344 g/mol. The summed E-state index contributed by atoms with van der Waals surface area (Å²) in [6.07, 6.45) is 0.864. The number of rotatable bonds is 5. The minimum atomic E-state index is -0.555. The number of amides is 2. The van der Waals surface area contributed by atoms with Gasteiger partial charge >= 0.3 is 6.09 Å². The van der Waals surface area contributed by atoms with Gasteiger partial charge in [-0.2, -0.15) is 0 Å². The van der Waals surface area contributed by atoms with Gasteiger partial charge in [0, 0.05) is 17.8 Å². The van der Waals surface area contributed by atoms with E-state index in [-0.39, 0.29) is 18.3 Å². The topological polar surface area (TPSA) is 75.7 Å². The number of benzene rings is 2. The molecule has 0 bridgehead atoms. The Hall–Kier alpha value is -3.15. The fourth-order valence-corrected chi connectivity index (χ4v) is 3.07. The summed E-state index contributed by atoms with van der Waals surface area (Å²) in [6, 6.07) is 15.6. The van der Waals surface area contributed by atoms with Crippen LogP contribution in [0.25, 0.3) is 0 Å². The molecule has 1 aliphatic rings. The zero-order valence-electron chi connectivity index (χ0n) is 15.2. The lowest BCUT2D eigenvalue weighted by Gasteiger charge is -2.23. The van der Waals surface area contributed by atoms with Crippen LogP contribution < -0.4 is 5.32 Å². The summed E-state index contributed by atoms with van der Waals surface area (Å²) in [7, 11) is 0. The molecule has 27 heavy (non-hydrogen) atoms. The van der Waals surface area contributed by atoms with Crippen molar-refractivity contribution in [1.29, 1.82) is 0 Å². The standard InChI is InChI=1S/C21H22N2O4/c1-15(24)17-9-11-18(12-10-17)22-20(25)19-8-5-13-23(19)21(26)27-14-16-6-3-2-4-7-16/h2-4,6-7,9-12,19H,5,8,13-14H2,1H3,(H,22,25). The first kappa shape index (κ1) is 18.6. The molecule has 2 aromatic rings. The van der Waals surface area contributed by atoms with E-state index in [0.29, 0.717) is 24.2 Å². The number of Topliss-reactive ketones (excluding diaryl/α,β-unsaturated/α-hetero) is 1. The van der Waals surface area contributed by atoms with Crippen LogP contribution in [0.2, 0.25) is 0 Å². The number of hydrogen-bond acceptors (Lipinski definition) is 4. The molecule has 1 N–H and O–H groups in total. The van der Waals surface area contributed by atoms with E-state index < -0.39 is 12.1 Å². The number of nitrogens with one attached hydrogen (secondary N) is 1. The Labute approximate surface area is 158 Å². The smallest absolute Gasteiger partial charge is 0.410 e. The Bertz CT molecular complexity index is 818. The number of nitrogens with zero attached hydrogens (tertiary/aromatic N) is 1. The normalized spacial score (nSPS) is 16.0. The monoisotopic (exact) mass is 366 g/mol. The summed E-state index contributed by atoms with van der Waals surface area (Å²) in [5.74, 6) is -0.282. The van der Waals surface area contributed by atoms with Crippen LogP contribution in [0.15, 0.2) is 54.6 Å². The van der Waals surface area contributed by atoms with E-state index in [0.717, 1.165) is 12.0 Å². The second-order valence-electron chi connectivity index (χ2n) is 6.51. The molecule has 1 saturated heterocycles. The van der Waals surface area contributed by atoms with Crippen LogP contribution in [0.1, 0.15) is 35.7 Å². The molecule has 2 aromatic carbocycles. The molecule has 1 aliphatic heterocycles. The number of anilines is 1. The maximum Gasteiger partial charge on any atom is 0.410 e. The van der Waals surface area contributed by atoms with Crippen LogP contribution in [-0.4, -0.2) is 35.3 Å². The van der Waals surface area contributed by atoms with Crippen molar-refractivity contribution >= 4 is 23.5 Å². The first-order chi connectivity index (χ1) is 13.0. The van der Waals surface area contributed by atoms with Gasteiger partial charge in [0.2, 0.25) is 5.91 Å². The van der Waals surface area contributed by atoms with E-state index >= 15 is 0 Å². The van der Waals surface area contributed by atoms with Gasteiger partial charge in [-0.3, -0.25) is 14.5 Å². The van der Waals surface area contributed by atoms with E-state index in [9.17, 15) is 14.4 Å². The maximum atomic E-state index is 12.6. The van der Waals surface area contributed by atoms with E-state index in [1.165, 1.54) is 11.8 Å². The molecule has 0 radical (unpaired) electrons. The van der Waals surface area contributed by atoms with Crippen LogP contribution in [-0.2, 0) is 16.1 Å². The highest BCUT2D eigenvalue weighted by atomic mass is 16.6. The average Bonchev–Trinajstić information content (AvgIpc) is 3.17. The van der Waals surface area contributed by atoms with Gasteiger partial charge in [-0.05, 0) is 49.6 Å². The first-order valence-electron chi connectivity index (χ1n) is 8.94. The molecule has 140 valence electrons. The van der Waals surface area contributed by atoms with Crippen molar-refractivity contribution in [2.75, 3.05) is 11.9 Å². The quantitative estimate of drug-likeness (QED) is 0.820. The Morgan fingerprint density at radius 3 is 2.44 bits per heavy atom. The predicted molar refractivity (Wildman–Crippen MR) is 101 cm³/mol. The lowest BCUT2D eigenvalue weighted by molar-refractivity contribution is -0.120. The first-order valence-corrected chi connectivity index (χ1v) is 8.94. The Kier molecular flexibility index (Phi) is 5.86. The van der Waals surface area contributed by atoms with E-state index in [4.69, 9.17) is 4.74 Å². The fraction of sp³-hybridized carbons (Fsp3) is 0.286. The highest BCUT2D eigenvalue weighted by Gasteiger charge is 2.35. The highest BCUT2D eigenvalue weighted by molar-refractivity contribution is 5.98. The number of carbonyl (C=O) groups excluding carboxylic acids is 3. The molecule has 1 fully saturated rings. The van der Waals surface area contributed by atoms with E-state index in [1.807, 2.05) is 30.3 Å². The minimum absolute atomic E-state index is 0.0315. The van der Waals surface area contributed by atoms with Crippen molar-refractivity contribution in [3.8, 4) is 0 Å². The molecule has 2 amide bonds. The lowest BCUT2D eigenvalue weighted by atomic mass is 10.1. The van der Waals surface area contributed by atoms with Crippen molar-refractivity contribution in [2.24, 2.45) is 0 Å². The highest BCUT2D eigenvalue weighted by Crippen LogP contribution is 2.21. The second kappa shape index (κ2) is 8.49. The van der Waals surface area contributed by atoms with Crippen molar-refractivity contribution in [3.63, 3.8) is 0 Å². The van der Waals surface area contributed by atoms with Gasteiger partial charge in [0.15, 0.2) is 5.78 Å². The molecular formula is C21H22N2O4. The Morgan fingerprint density at radius 2 is 1.78 bits per heavy atom. The summed E-state index contributed by atoms with van der Waals surface area (Å²) >= 11 is 0. The minimum Gasteiger partial charge on any atom is -0.445 e. The van der Waals surface area contributed by atoms with Gasteiger partial charge in [-0.1, -0.05) is 30.3 Å². The molecule has 0 aliphatic carbocycles. The fourth-order valence-electron chi connectivity index (χ4n) is 3.07. The van der Waals surface area contributed by atoms with Crippen LogP contribution >= 0.6 is 0 Å². The van der Waals surface area contributed by atoms with Crippen molar-refractivity contribution in [3.05, 3.63) is 65.7 Å². The van der Waals surface area contributed by atoms with Crippen LogP contribution in [0.4, 0.5) is 10.5 Å². The summed E-state index contributed by atoms with van der Waals surface area (Å²) in [5, 5.41) is 2.81. The number of ketones is 1. The van der Waals surface area contributed by atoms with Gasteiger partial charge in [0.1, 0.15) is 12.6 Å². The third kappa shape index (κ3) is 4.73. The molecule has 0 aromatic heterocycles. The van der Waals surface area contributed by atoms with Crippen LogP contribution in [0.5, 0.6) is 0 Å². The third-order valence-electron chi connectivity index (χ3n) is 4.55. The van der Waals surface area contributed by atoms with Gasteiger partial charge < -0.3 is 10.1 Å². The molecule has 3 rings (SSSR count). The molecule has 1 unspecified atom stereocenters. The number of ether oxygens (including phenoxy) is 1. The van der Waals surface area contributed by atoms with Crippen LogP contribution in [0, 0.1) is 0 Å². The van der Waals surface area contributed by atoms with Crippen molar-refractivity contribution < 1.29 is 19.1 Å². The summed E-state index contributed by atoms with van der Waals surface area (Å²) in [4.78, 5) is 37.8. The van der Waals surface area contributed by atoms with Gasteiger partial charge in [-0.25, -0.2) is 4.79 Å². The van der Waals surface area contributed by atoms with Gasteiger partial charge in [0.05, 0.1) is 0 Å². The Balaban J connectivity index is 1.58. The zero-order valence-corrected chi connectivity index (χ0v) is 15.2. The van der Waals surface area contributed by atoms with Crippen LogP contribution in [0.3, 0.4) is 0 Å². The second-order valence-corrected chi connectivity index (χ2v) is 6.51. The predicted octanol–water partition coefficient (Wildman–Crippen LogP) is 3.63. The number of hydrogen-bond donors (Lipinski definition) is 1. The summed E-state index contributed by atoms with van der Waals surface area (Å²) in [5.41, 5.74) is 2.08. The Morgan fingerprint density at radius 1 is 1.07 bits per heavy atom. The summed E-state index contributed by atoms with van der Waals surface area (Å²) < 4.78 is 5.35. The average molecular weight is 366 g/mol. The third-order valence-corrected chi connectivity index (χ3v) is 4.55. The zero-order chi connectivity index (χ0) is 19.2. The lowest BCUT2D eigenvalue weighted by Crippen LogP contribution is -2.43. The SMILES string of the molecule is CC(=O)c1ccc(NC(=O)C2CCCN2C(=O)OCc2ccccc2)cc1. The molecule has 1 atom stereocenters. The largest absolute Gasteiger partial charge is 0.445 e. The van der Waals surface area contributed by atoms with Crippen molar-refractivity contribution in [2.45, 2.75) is 32.4 Å². The molecule has 6 heteroatoms. The molecule has 1 heterocycles. The van der Waals surface area contributed by atoms with E-state index in [2.05, 4.69) is 5.32 Å². The van der Waals surface area contributed by atoms with Gasteiger partial charge in [-0.15, -0.1) is 0 Å². The molecule has 6 nitrogen and oxygen atoms in total. The van der Waals surface area contributed by atoms with Crippen molar-refractivity contribution in [1.82, 2.24) is 4.90 Å². The van der Waals surface area contributed by atoms with E-state index in [1.54, 1.807) is 24.3 Å². The number of carbonyl (C=O) groups is 3. The maximum absolute atomic E-state index is 12.6. The van der Waals surface area contributed by atoms with Gasteiger partial charge in [0.25, 0.3) is 0 Å². The molecule has 0 spiro atoms. The number of likely N-dealkylation sites (tertiary alicyclic amines) is 1.